The quantitative estimate of drug-likeness (QED) is 0.523. The molecule has 1 aliphatic rings. The molecule has 0 radical (unpaired) electrons. The van der Waals surface area contributed by atoms with Crippen LogP contribution in [-0.4, -0.2) is 61.5 Å². The number of amides is 1. The zero-order valence-corrected chi connectivity index (χ0v) is 11.6. The molecule has 1 rings (SSSR count). The highest BCUT2D eigenvalue weighted by atomic mass is 16.5. The predicted molar refractivity (Wildman–Crippen MR) is 69.2 cm³/mol. The summed E-state index contributed by atoms with van der Waals surface area (Å²) in [6.07, 6.45) is 3.70. The van der Waals surface area contributed by atoms with Crippen molar-refractivity contribution in [2.75, 3.05) is 33.8 Å². The van der Waals surface area contributed by atoms with Gasteiger partial charge in [-0.1, -0.05) is 13.3 Å². The highest BCUT2D eigenvalue weighted by molar-refractivity contribution is 5.82. The van der Waals surface area contributed by atoms with Gasteiger partial charge in [-0.3, -0.25) is 14.5 Å². The molecule has 0 saturated carbocycles. The van der Waals surface area contributed by atoms with Gasteiger partial charge in [-0.05, 0) is 25.8 Å². The van der Waals surface area contributed by atoms with Crippen LogP contribution in [0.15, 0.2) is 0 Å². The minimum atomic E-state index is -0.220. The van der Waals surface area contributed by atoms with E-state index in [0.717, 1.165) is 32.2 Å². The lowest BCUT2D eigenvalue weighted by Gasteiger charge is -2.25. The first-order valence-electron chi connectivity index (χ1n) is 6.67. The Labute approximate surface area is 109 Å². The average molecular weight is 256 g/mol. The number of hydrogen-bond acceptors (Lipinski definition) is 4. The molecular weight excluding hydrogens is 232 g/mol. The van der Waals surface area contributed by atoms with Gasteiger partial charge in [0, 0.05) is 14.1 Å². The molecule has 1 fully saturated rings. The molecule has 5 heteroatoms. The molecule has 1 atom stereocenters. The van der Waals surface area contributed by atoms with Crippen molar-refractivity contribution < 1.29 is 14.3 Å². The summed E-state index contributed by atoms with van der Waals surface area (Å²) >= 11 is 0. The van der Waals surface area contributed by atoms with Crippen LogP contribution in [0.2, 0.25) is 0 Å². The first-order chi connectivity index (χ1) is 8.56. The third-order valence-electron chi connectivity index (χ3n) is 3.18. The van der Waals surface area contributed by atoms with Crippen LogP contribution in [-0.2, 0) is 14.3 Å². The fraction of sp³-hybridized carbons (Fsp3) is 0.846. The van der Waals surface area contributed by atoms with Crippen molar-refractivity contribution in [2.24, 2.45) is 0 Å². The molecule has 18 heavy (non-hydrogen) atoms. The maximum Gasteiger partial charge on any atom is 0.320 e. The lowest BCUT2D eigenvalue weighted by atomic mass is 10.2. The van der Waals surface area contributed by atoms with Gasteiger partial charge in [-0.15, -0.1) is 0 Å². The summed E-state index contributed by atoms with van der Waals surface area (Å²) in [6, 6.07) is -0.154. The number of carbonyl (C=O) groups is 2. The van der Waals surface area contributed by atoms with Crippen molar-refractivity contribution in [2.45, 2.75) is 38.6 Å². The number of likely N-dealkylation sites (N-methyl/N-ethyl adjacent to an activating group) is 1. The number of ether oxygens (including phenoxy) is 1. The number of hydrogen-bond donors (Lipinski definition) is 0. The summed E-state index contributed by atoms with van der Waals surface area (Å²) in [4.78, 5) is 27.1. The molecule has 0 bridgehead atoms. The van der Waals surface area contributed by atoms with Crippen molar-refractivity contribution >= 4 is 11.9 Å². The van der Waals surface area contributed by atoms with E-state index in [0.29, 0.717) is 6.61 Å². The zero-order chi connectivity index (χ0) is 13.5. The summed E-state index contributed by atoms with van der Waals surface area (Å²) < 4.78 is 5.13. The molecule has 0 aliphatic carbocycles. The smallest absolute Gasteiger partial charge is 0.320 e. The minimum Gasteiger partial charge on any atom is -0.465 e. The topological polar surface area (TPSA) is 49.9 Å². The molecule has 5 nitrogen and oxygen atoms in total. The highest BCUT2D eigenvalue weighted by Gasteiger charge is 2.32. The van der Waals surface area contributed by atoms with Gasteiger partial charge in [0.05, 0.1) is 19.2 Å². The standard InChI is InChI=1S/C13H24N2O3/c1-4-5-9-18-12(16)10-15-8-6-7-11(15)13(17)14(2)3/h11H,4-10H2,1-3H3. The fourth-order valence-electron chi connectivity index (χ4n) is 2.13. The minimum absolute atomic E-state index is 0.0776. The summed E-state index contributed by atoms with van der Waals surface area (Å²) in [5, 5.41) is 0. The second kappa shape index (κ2) is 7.36. The number of esters is 1. The molecular formula is C13H24N2O3. The van der Waals surface area contributed by atoms with Crippen molar-refractivity contribution in [3.8, 4) is 0 Å². The SMILES string of the molecule is CCCCOC(=O)CN1CCCC1C(=O)N(C)C. The normalized spacial score (nSPS) is 19.8. The van der Waals surface area contributed by atoms with E-state index in [-0.39, 0.29) is 24.5 Å². The van der Waals surface area contributed by atoms with E-state index in [2.05, 4.69) is 6.92 Å². The van der Waals surface area contributed by atoms with Gasteiger partial charge in [0.1, 0.15) is 0 Å². The first kappa shape index (κ1) is 15.0. The van der Waals surface area contributed by atoms with E-state index in [1.54, 1.807) is 19.0 Å². The summed E-state index contributed by atoms with van der Waals surface area (Å²) in [6.45, 7) is 3.57. The molecule has 0 aromatic rings. The Morgan fingerprint density at radius 3 is 2.72 bits per heavy atom. The van der Waals surface area contributed by atoms with Gasteiger partial charge in [0.15, 0.2) is 0 Å². The van der Waals surface area contributed by atoms with Crippen molar-refractivity contribution in [1.82, 2.24) is 9.80 Å². The molecule has 0 N–H and O–H groups in total. The van der Waals surface area contributed by atoms with Gasteiger partial charge < -0.3 is 9.64 Å². The number of carbonyl (C=O) groups excluding carboxylic acids is 2. The van der Waals surface area contributed by atoms with Crippen LogP contribution >= 0.6 is 0 Å². The Morgan fingerprint density at radius 1 is 1.39 bits per heavy atom. The van der Waals surface area contributed by atoms with E-state index in [1.807, 2.05) is 4.90 Å². The Kier molecular flexibility index (Phi) is 6.12. The highest BCUT2D eigenvalue weighted by Crippen LogP contribution is 2.18. The number of likely N-dealkylation sites (tertiary alicyclic amines) is 1. The molecule has 1 unspecified atom stereocenters. The van der Waals surface area contributed by atoms with Crippen LogP contribution in [0.4, 0.5) is 0 Å². The Balaban J connectivity index is 2.40. The molecule has 1 aliphatic heterocycles. The van der Waals surface area contributed by atoms with Gasteiger partial charge in [-0.2, -0.15) is 0 Å². The molecule has 0 aromatic heterocycles. The monoisotopic (exact) mass is 256 g/mol. The van der Waals surface area contributed by atoms with Crippen LogP contribution in [0, 0.1) is 0 Å². The second-order valence-electron chi connectivity index (χ2n) is 4.94. The maximum atomic E-state index is 11.9. The Bertz CT molecular complexity index is 292. The van der Waals surface area contributed by atoms with E-state index < -0.39 is 0 Å². The van der Waals surface area contributed by atoms with E-state index in [1.165, 1.54) is 0 Å². The number of rotatable bonds is 6. The molecule has 1 saturated heterocycles. The lowest BCUT2D eigenvalue weighted by molar-refractivity contribution is -0.146. The average Bonchev–Trinajstić information content (AvgIpc) is 2.76. The third kappa shape index (κ3) is 4.29. The Hall–Kier alpha value is -1.10. The van der Waals surface area contributed by atoms with Crippen molar-refractivity contribution in [1.29, 1.82) is 0 Å². The van der Waals surface area contributed by atoms with Gasteiger partial charge in [0.2, 0.25) is 5.91 Å². The van der Waals surface area contributed by atoms with Crippen LogP contribution in [0.1, 0.15) is 32.6 Å². The predicted octanol–water partition coefficient (Wildman–Crippen LogP) is 0.882. The van der Waals surface area contributed by atoms with E-state index >= 15 is 0 Å². The molecule has 0 spiro atoms. The molecule has 0 aromatic carbocycles. The van der Waals surface area contributed by atoms with Crippen molar-refractivity contribution in [3.63, 3.8) is 0 Å². The number of unbranched alkanes of at least 4 members (excludes halogenated alkanes) is 1. The van der Waals surface area contributed by atoms with Crippen LogP contribution < -0.4 is 0 Å². The van der Waals surface area contributed by atoms with Gasteiger partial charge >= 0.3 is 5.97 Å². The lowest BCUT2D eigenvalue weighted by Crippen LogP contribution is -2.44. The summed E-state index contributed by atoms with van der Waals surface area (Å²) in [5.41, 5.74) is 0. The fourth-order valence-corrected chi connectivity index (χ4v) is 2.13. The van der Waals surface area contributed by atoms with E-state index in [4.69, 9.17) is 4.74 Å². The number of nitrogens with zero attached hydrogens (tertiary/aromatic N) is 2. The molecule has 1 amide bonds. The van der Waals surface area contributed by atoms with Crippen LogP contribution in [0.25, 0.3) is 0 Å². The van der Waals surface area contributed by atoms with Crippen molar-refractivity contribution in [3.05, 3.63) is 0 Å². The third-order valence-corrected chi connectivity index (χ3v) is 3.18. The second-order valence-corrected chi connectivity index (χ2v) is 4.94. The van der Waals surface area contributed by atoms with Crippen LogP contribution in [0.5, 0.6) is 0 Å². The summed E-state index contributed by atoms with van der Waals surface area (Å²) in [7, 11) is 3.50. The maximum absolute atomic E-state index is 11.9. The molecule has 104 valence electrons. The Morgan fingerprint density at radius 2 is 2.11 bits per heavy atom. The van der Waals surface area contributed by atoms with Gasteiger partial charge in [0.25, 0.3) is 0 Å². The zero-order valence-electron chi connectivity index (χ0n) is 11.6. The van der Waals surface area contributed by atoms with E-state index in [9.17, 15) is 9.59 Å². The summed E-state index contributed by atoms with van der Waals surface area (Å²) in [5.74, 6) is -0.143. The largest absolute Gasteiger partial charge is 0.465 e. The van der Waals surface area contributed by atoms with Crippen LogP contribution in [0.3, 0.4) is 0 Å². The molecule has 1 heterocycles. The van der Waals surface area contributed by atoms with Gasteiger partial charge in [-0.25, -0.2) is 0 Å². The first-order valence-corrected chi connectivity index (χ1v) is 6.67.